The van der Waals surface area contributed by atoms with Gasteiger partial charge in [-0.25, -0.2) is 0 Å². The lowest BCUT2D eigenvalue weighted by molar-refractivity contribution is -0.132. The minimum Gasteiger partial charge on any atom is -0.371 e. The van der Waals surface area contributed by atoms with Crippen LogP contribution in [0.1, 0.15) is 38.2 Å². The molecule has 0 bridgehead atoms. The van der Waals surface area contributed by atoms with Gasteiger partial charge >= 0.3 is 0 Å². The second-order valence-corrected chi connectivity index (χ2v) is 5.11. The van der Waals surface area contributed by atoms with Crippen LogP contribution in [0.2, 0.25) is 0 Å². The van der Waals surface area contributed by atoms with E-state index in [1.54, 1.807) is 0 Å². The fourth-order valence-electron chi connectivity index (χ4n) is 3.18. The highest BCUT2D eigenvalue weighted by Crippen LogP contribution is 2.47. The fourth-order valence-corrected chi connectivity index (χ4v) is 3.18. The highest BCUT2D eigenvalue weighted by molar-refractivity contribution is 5.26. The van der Waals surface area contributed by atoms with Gasteiger partial charge in [0, 0.05) is 13.0 Å². The van der Waals surface area contributed by atoms with Crippen LogP contribution < -0.4 is 0 Å². The molecule has 3 rings (SSSR count). The number of hydrogen-bond acceptors (Lipinski definition) is 2. The van der Waals surface area contributed by atoms with Crippen molar-refractivity contribution >= 4 is 0 Å². The first-order chi connectivity index (χ1) is 8.35. The van der Waals surface area contributed by atoms with Gasteiger partial charge in [0.05, 0.1) is 12.2 Å². The summed E-state index contributed by atoms with van der Waals surface area (Å²) in [5.74, 6) is 0. The molecule has 2 heteroatoms. The van der Waals surface area contributed by atoms with Gasteiger partial charge in [-0.1, -0.05) is 37.3 Å². The average Bonchev–Trinajstić information content (AvgIpc) is 2.79. The summed E-state index contributed by atoms with van der Waals surface area (Å²) in [5, 5.41) is 0. The van der Waals surface area contributed by atoms with E-state index in [0.717, 1.165) is 32.3 Å². The highest BCUT2D eigenvalue weighted by atomic mass is 16.6. The monoisotopic (exact) mass is 232 g/mol. The van der Waals surface area contributed by atoms with Crippen molar-refractivity contribution in [2.45, 2.75) is 50.4 Å². The SMILES string of the molecule is CC[C@@H]1C[C@]2(c3ccccc3)OCCC[C@@H]2O1. The first-order valence-corrected chi connectivity index (χ1v) is 6.70. The van der Waals surface area contributed by atoms with Crippen molar-refractivity contribution in [2.75, 3.05) is 6.61 Å². The lowest BCUT2D eigenvalue weighted by Crippen LogP contribution is -2.42. The quantitative estimate of drug-likeness (QED) is 0.779. The zero-order chi connectivity index (χ0) is 11.7. The zero-order valence-electron chi connectivity index (χ0n) is 10.4. The first kappa shape index (κ1) is 11.2. The van der Waals surface area contributed by atoms with E-state index in [1.165, 1.54) is 5.56 Å². The van der Waals surface area contributed by atoms with Crippen LogP contribution in [-0.2, 0) is 15.1 Å². The molecule has 0 saturated carbocycles. The predicted molar refractivity (Wildman–Crippen MR) is 66.9 cm³/mol. The summed E-state index contributed by atoms with van der Waals surface area (Å²) < 4.78 is 12.3. The van der Waals surface area contributed by atoms with E-state index >= 15 is 0 Å². The summed E-state index contributed by atoms with van der Waals surface area (Å²) in [4.78, 5) is 0. The maximum absolute atomic E-state index is 6.18. The van der Waals surface area contributed by atoms with Crippen molar-refractivity contribution in [2.24, 2.45) is 0 Å². The smallest absolute Gasteiger partial charge is 0.122 e. The van der Waals surface area contributed by atoms with Crippen molar-refractivity contribution in [1.82, 2.24) is 0 Å². The molecule has 1 aromatic rings. The van der Waals surface area contributed by atoms with E-state index in [4.69, 9.17) is 9.47 Å². The summed E-state index contributed by atoms with van der Waals surface area (Å²) in [7, 11) is 0. The molecule has 2 aliphatic heterocycles. The Morgan fingerprint density at radius 3 is 2.88 bits per heavy atom. The number of ether oxygens (including phenoxy) is 2. The molecule has 2 heterocycles. The molecule has 0 aromatic heterocycles. The Bertz CT molecular complexity index is 376. The molecule has 17 heavy (non-hydrogen) atoms. The van der Waals surface area contributed by atoms with Gasteiger partial charge in [0.2, 0.25) is 0 Å². The minimum atomic E-state index is -0.166. The van der Waals surface area contributed by atoms with Gasteiger partial charge in [-0.2, -0.15) is 0 Å². The molecule has 0 radical (unpaired) electrons. The molecule has 0 N–H and O–H groups in total. The Kier molecular flexibility index (Phi) is 2.93. The van der Waals surface area contributed by atoms with E-state index in [1.807, 2.05) is 0 Å². The molecule has 0 spiro atoms. The highest BCUT2D eigenvalue weighted by Gasteiger charge is 2.51. The average molecular weight is 232 g/mol. The summed E-state index contributed by atoms with van der Waals surface area (Å²) in [6.07, 6.45) is 4.95. The van der Waals surface area contributed by atoms with Gasteiger partial charge in [-0.15, -0.1) is 0 Å². The van der Waals surface area contributed by atoms with Crippen molar-refractivity contribution in [3.63, 3.8) is 0 Å². The van der Waals surface area contributed by atoms with Crippen molar-refractivity contribution in [3.8, 4) is 0 Å². The van der Waals surface area contributed by atoms with E-state index < -0.39 is 0 Å². The standard InChI is InChI=1S/C15H20O2/c1-2-13-11-15(12-7-4-3-5-8-12)14(17-13)9-6-10-16-15/h3-5,7-8,13-14H,2,6,9-11H2,1H3/t13-,14+,15-/m1/s1. The van der Waals surface area contributed by atoms with Crippen LogP contribution in [0.15, 0.2) is 30.3 Å². The molecule has 2 aliphatic rings. The molecule has 0 aliphatic carbocycles. The lowest BCUT2D eigenvalue weighted by Gasteiger charge is -2.38. The van der Waals surface area contributed by atoms with Gasteiger partial charge in [0.15, 0.2) is 0 Å². The van der Waals surface area contributed by atoms with Crippen molar-refractivity contribution in [3.05, 3.63) is 35.9 Å². The van der Waals surface area contributed by atoms with Crippen LogP contribution in [0.4, 0.5) is 0 Å². The summed E-state index contributed by atoms with van der Waals surface area (Å²) in [6, 6.07) is 10.6. The van der Waals surface area contributed by atoms with E-state index in [0.29, 0.717) is 6.10 Å². The fraction of sp³-hybridized carbons (Fsp3) is 0.600. The Morgan fingerprint density at radius 1 is 1.29 bits per heavy atom. The van der Waals surface area contributed by atoms with Gasteiger partial charge in [0.25, 0.3) is 0 Å². The molecular weight excluding hydrogens is 212 g/mol. The molecule has 2 nitrogen and oxygen atoms in total. The third-order valence-electron chi connectivity index (χ3n) is 4.10. The largest absolute Gasteiger partial charge is 0.371 e. The van der Waals surface area contributed by atoms with E-state index in [9.17, 15) is 0 Å². The topological polar surface area (TPSA) is 18.5 Å². The zero-order valence-corrected chi connectivity index (χ0v) is 10.4. The molecular formula is C15H20O2. The number of fused-ring (bicyclic) bond motifs is 1. The van der Waals surface area contributed by atoms with Gasteiger partial charge in [-0.05, 0) is 24.8 Å². The Labute approximate surface area is 103 Å². The lowest BCUT2D eigenvalue weighted by atomic mass is 9.82. The molecule has 2 fully saturated rings. The van der Waals surface area contributed by atoms with Crippen LogP contribution >= 0.6 is 0 Å². The normalized spacial score (nSPS) is 36.8. The summed E-state index contributed by atoms with van der Waals surface area (Å²) >= 11 is 0. The molecule has 0 unspecified atom stereocenters. The number of benzene rings is 1. The maximum Gasteiger partial charge on any atom is 0.122 e. The van der Waals surface area contributed by atoms with Crippen LogP contribution in [0.25, 0.3) is 0 Å². The van der Waals surface area contributed by atoms with Gasteiger partial charge in [0.1, 0.15) is 5.60 Å². The second kappa shape index (κ2) is 4.43. The molecule has 1 aromatic carbocycles. The molecule has 92 valence electrons. The first-order valence-electron chi connectivity index (χ1n) is 6.70. The van der Waals surface area contributed by atoms with E-state index in [-0.39, 0.29) is 11.7 Å². The van der Waals surface area contributed by atoms with Crippen molar-refractivity contribution in [1.29, 1.82) is 0 Å². The molecule has 3 atom stereocenters. The Balaban J connectivity index is 1.97. The summed E-state index contributed by atoms with van der Waals surface area (Å²) in [6.45, 7) is 3.06. The molecule has 2 saturated heterocycles. The Morgan fingerprint density at radius 2 is 2.12 bits per heavy atom. The number of rotatable bonds is 2. The third-order valence-corrected chi connectivity index (χ3v) is 4.10. The Hall–Kier alpha value is -0.860. The van der Waals surface area contributed by atoms with Crippen LogP contribution in [-0.4, -0.2) is 18.8 Å². The van der Waals surface area contributed by atoms with Crippen LogP contribution in [0, 0.1) is 0 Å². The number of hydrogen-bond donors (Lipinski definition) is 0. The van der Waals surface area contributed by atoms with Crippen LogP contribution in [0.3, 0.4) is 0 Å². The van der Waals surface area contributed by atoms with E-state index in [2.05, 4.69) is 37.3 Å². The maximum atomic E-state index is 6.18. The van der Waals surface area contributed by atoms with Gasteiger partial charge < -0.3 is 9.47 Å². The minimum absolute atomic E-state index is 0.166. The van der Waals surface area contributed by atoms with Gasteiger partial charge in [-0.3, -0.25) is 0 Å². The molecule has 0 amide bonds. The third kappa shape index (κ3) is 1.80. The van der Waals surface area contributed by atoms with Crippen LogP contribution in [0.5, 0.6) is 0 Å². The van der Waals surface area contributed by atoms with Crippen molar-refractivity contribution < 1.29 is 9.47 Å². The summed E-state index contributed by atoms with van der Waals surface area (Å²) in [5.41, 5.74) is 1.13. The predicted octanol–water partition coefficient (Wildman–Crippen LogP) is 3.26. The second-order valence-electron chi connectivity index (χ2n) is 5.11.